The van der Waals surface area contributed by atoms with E-state index in [0.29, 0.717) is 6.10 Å². The third-order valence-corrected chi connectivity index (χ3v) is 3.85. The highest BCUT2D eigenvalue weighted by Gasteiger charge is 2.16. The fourth-order valence-corrected chi connectivity index (χ4v) is 2.80. The summed E-state index contributed by atoms with van der Waals surface area (Å²) in [6, 6.07) is 0. The van der Waals surface area contributed by atoms with Crippen LogP contribution in [0.4, 0.5) is 0 Å². The molecule has 1 aromatic heterocycles. The zero-order valence-corrected chi connectivity index (χ0v) is 10.3. The van der Waals surface area contributed by atoms with Gasteiger partial charge in [-0.15, -0.1) is 21.5 Å². The molecular formula is C11H19N3OS. The first-order chi connectivity index (χ1) is 7.88. The lowest BCUT2D eigenvalue weighted by atomic mass is 10.1. The van der Waals surface area contributed by atoms with Crippen molar-refractivity contribution >= 4 is 11.3 Å². The van der Waals surface area contributed by atoms with Crippen LogP contribution in [-0.2, 0) is 17.6 Å². The van der Waals surface area contributed by atoms with E-state index in [-0.39, 0.29) is 0 Å². The minimum atomic E-state index is 0.455. The molecule has 0 amide bonds. The number of nitrogens with zero attached hydrogens (tertiary/aromatic N) is 2. The van der Waals surface area contributed by atoms with E-state index in [0.717, 1.165) is 48.9 Å². The zero-order chi connectivity index (χ0) is 11.2. The zero-order valence-electron chi connectivity index (χ0n) is 9.52. The smallest absolute Gasteiger partial charge is 0.117 e. The minimum Gasteiger partial charge on any atom is -0.378 e. The van der Waals surface area contributed by atoms with Crippen molar-refractivity contribution in [2.24, 2.45) is 5.73 Å². The van der Waals surface area contributed by atoms with E-state index >= 15 is 0 Å². The van der Waals surface area contributed by atoms with Gasteiger partial charge in [-0.05, 0) is 32.2 Å². The number of hydrogen-bond acceptors (Lipinski definition) is 5. The first-order valence-electron chi connectivity index (χ1n) is 6.01. The highest BCUT2D eigenvalue weighted by Crippen LogP contribution is 2.19. The maximum atomic E-state index is 5.59. The average Bonchev–Trinajstić information content (AvgIpc) is 2.95. The normalized spacial score (nSPS) is 20.4. The van der Waals surface area contributed by atoms with Crippen LogP contribution in [0.3, 0.4) is 0 Å². The minimum absolute atomic E-state index is 0.455. The first kappa shape index (κ1) is 12.0. The van der Waals surface area contributed by atoms with Crippen LogP contribution in [0.2, 0.25) is 0 Å². The molecule has 0 radical (unpaired) electrons. The van der Waals surface area contributed by atoms with E-state index in [1.807, 2.05) is 0 Å². The lowest BCUT2D eigenvalue weighted by Crippen LogP contribution is -2.05. The molecule has 1 aliphatic heterocycles. The highest BCUT2D eigenvalue weighted by atomic mass is 32.1. The predicted molar refractivity (Wildman–Crippen MR) is 64.6 cm³/mol. The van der Waals surface area contributed by atoms with Gasteiger partial charge in [0, 0.05) is 19.4 Å². The number of aryl methyl sites for hydroxylation is 2. The number of ether oxygens (including phenoxy) is 1. The van der Waals surface area contributed by atoms with Gasteiger partial charge in [-0.2, -0.15) is 0 Å². The predicted octanol–water partition coefficient (Wildman–Crippen LogP) is 1.54. The molecule has 4 nitrogen and oxygen atoms in total. The van der Waals surface area contributed by atoms with Crippen molar-refractivity contribution in [1.29, 1.82) is 0 Å². The van der Waals surface area contributed by atoms with E-state index in [4.69, 9.17) is 10.5 Å². The SMILES string of the molecule is NCCCc1nnc(CCC2CCCO2)s1. The number of aromatic nitrogens is 2. The Morgan fingerprint density at radius 1 is 1.31 bits per heavy atom. The molecule has 90 valence electrons. The average molecular weight is 241 g/mol. The maximum absolute atomic E-state index is 5.59. The topological polar surface area (TPSA) is 61.0 Å². The van der Waals surface area contributed by atoms with Crippen LogP contribution in [0.15, 0.2) is 0 Å². The second-order valence-electron chi connectivity index (χ2n) is 4.16. The molecule has 1 saturated heterocycles. The van der Waals surface area contributed by atoms with Crippen LogP contribution in [0, 0.1) is 0 Å². The standard InChI is InChI=1S/C11H19N3OS/c12-7-1-4-10-13-14-11(16-10)6-5-9-3-2-8-15-9/h9H,1-8,12H2. The molecule has 16 heavy (non-hydrogen) atoms. The molecule has 1 unspecified atom stereocenters. The summed E-state index contributed by atoms with van der Waals surface area (Å²) in [5.74, 6) is 0. The molecule has 0 saturated carbocycles. The molecular weight excluding hydrogens is 222 g/mol. The maximum Gasteiger partial charge on any atom is 0.117 e. The quantitative estimate of drug-likeness (QED) is 0.820. The van der Waals surface area contributed by atoms with Gasteiger partial charge >= 0.3 is 0 Å². The van der Waals surface area contributed by atoms with Crippen LogP contribution in [0.25, 0.3) is 0 Å². The van der Waals surface area contributed by atoms with Gasteiger partial charge in [0.1, 0.15) is 10.0 Å². The second-order valence-corrected chi connectivity index (χ2v) is 5.30. The van der Waals surface area contributed by atoms with Crippen LogP contribution < -0.4 is 5.73 Å². The first-order valence-corrected chi connectivity index (χ1v) is 6.83. The van der Waals surface area contributed by atoms with Crippen LogP contribution in [0.5, 0.6) is 0 Å². The Balaban J connectivity index is 1.73. The highest BCUT2D eigenvalue weighted by molar-refractivity contribution is 7.11. The van der Waals surface area contributed by atoms with E-state index in [1.165, 1.54) is 12.8 Å². The molecule has 2 rings (SSSR count). The molecule has 1 fully saturated rings. The third kappa shape index (κ3) is 3.50. The lowest BCUT2D eigenvalue weighted by Gasteiger charge is -2.06. The summed E-state index contributed by atoms with van der Waals surface area (Å²) in [4.78, 5) is 0. The second kappa shape index (κ2) is 6.27. The van der Waals surface area contributed by atoms with Crippen molar-refractivity contribution in [2.45, 2.75) is 44.6 Å². The number of hydrogen-bond donors (Lipinski definition) is 1. The molecule has 1 aromatic rings. The van der Waals surface area contributed by atoms with Gasteiger partial charge in [0.25, 0.3) is 0 Å². The van der Waals surface area contributed by atoms with Gasteiger partial charge in [0.15, 0.2) is 0 Å². The molecule has 0 bridgehead atoms. The van der Waals surface area contributed by atoms with Crippen LogP contribution >= 0.6 is 11.3 Å². The summed E-state index contributed by atoms with van der Waals surface area (Å²) in [5.41, 5.74) is 5.46. The molecule has 2 N–H and O–H groups in total. The van der Waals surface area contributed by atoms with E-state index < -0.39 is 0 Å². The van der Waals surface area contributed by atoms with Crippen molar-refractivity contribution in [3.63, 3.8) is 0 Å². The summed E-state index contributed by atoms with van der Waals surface area (Å²) in [7, 11) is 0. The van der Waals surface area contributed by atoms with Gasteiger partial charge < -0.3 is 10.5 Å². The summed E-state index contributed by atoms with van der Waals surface area (Å²) < 4.78 is 5.59. The Morgan fingerprint density at radius 3 is 2.81 bits per heavy atom. The lowest BCUT2D eigenvalue weighted by molar-refractivity contribution is 0.104. The van der Waals surface area contributed by atoms with Crippen molar-refractivity contribution in [2.75, 3.05) is 13.2 Å². The van der Waals surface area contributed by atoms with Crippen molar-refractivity contribution in [3.05, 3.63) is 10.0 Å². The molecule has 2 heterocycles. The Morgan fingerprint density at radius 2 is 2.12 bits per heavy atom. The molecule has 1 atom stereocenters. The van der Waals surface area contributed by atoms with Gasteiger partial charge in [-0.25, -0.2) is 0 Å². The van der Waals surface area contributed by atoms with Crippen LogP contribution in [0.1, 0.15) is 35.7 Å². The van der Waals surface area contributed by atoms with E-state index in [1.54, 1.807) is 11.3 Å². The van der Waals surface area contributed by atoms with Crippen molar-refractivity contribution < 1.29 is 4.74 Å². The molecule has 5 heteroatoms. The summed E-state index contributed by atoms with van der Waals surface area (Å²) in [5, 5.41) is 10.6. The largest absolute Gasteiger partial charge is 0.378 e. The van der Waals surface area contributed by atoms with Crippen molar-refractivity contribution in [3.8, 4) is 0 Å². The van der Waals surface area contributed by atoms with Gasteiger partial charge in [0.05, 0.1) is 6.10 Å². The molecule has 0 aliphatic carbocycles. The molecule has 0 spiro atoms. The Hall–Kier alpha value is -0.520. The van der Waals surface area contributed by atoms with Gasteiger partial charge in [0.2, 0.25) is 0 Å². The summed E-state index contributed by atoms with van der Waals surface area (Å²) in [6.07, 6.45) is 6.93. The number of nitrogens with two attached hydrogens (primary N) is 1. The summed E-state index contributed by atoms with van der Waals surface area (Å²) in [6.45, 7) is 1.66. The monoisotopic (exact) mass is 241 g/mol. The fraction of sp³-hybridized carbons (Fsp3) is 0.818. The van der Waals surface area contributed by atoms with Crippen molar-refractivity contribution in [1.82, 2.24) is 10.2 Å². The Labute approximate surface area is 100 Å². The summed E-state index contributed by atoms with van der Waals surface area (Å²) >= 11 is 1.72. The van der Waals surface area contributed by atoms with E-state index in [2.05, 4.69) is 10.2 Å². The van der Waals surface area contributed by atoms with Gasteiger partial charge in [-0.1, -0.05) is 0 Å². The Bertz CT molecular complexity index is 310. The third-order valence-electron chi connectivity index (χ3n) is 2.81. The fourth-order valence-electron chi connectivity index (χ4n) is 1.90. The van der Waals surface area contributed by atoms with Crippen LogP contribution in [-0.4, -0.2) is 29.5 Å². The molecule has 1 aliphatic rings. The number of rotatable bonds is 6. The molecule has 0 aromatic carbocycles. The van der Waals surface area contributed by atoms with E-state index in [9.17, 15) is 0 Å². The Kier molecular flexibility index (Phi) is 4.69. The van der Waals surface area contributed by atoms with Gasteiger partial charge in [-0.3, -0.25) is 0 Å².